The van der Waals surface area contributed by atoms with Crippen molar-refractivity contribution in [3.8, 4) is 0 Å². The van der Waals surface area contributed by atoms with Crippen molar-refractivity contribution < 1.29 is 5.11 Å². The topological polar surface area (TPSA) is 20.2 Å². The third kappa shape index (κ3) is 4.19. The molecule has 0 heterocycles. The van der Waals surface area contributed by atoms with Crippen molar-refractivity contribution in [1.29, 1.82) is 0 Å². The van der Waals surface area contributed by atoms with E-state index >= 15 is 0 Å². The van der Waals surface area contributed by atoms with E-state index in [1.54, 1.807) is 0 Å². The number of aliphatic hydroxyl groups is 1. The molecule has 0 amide bonds. The average molecular weight is 319 g/mol. The van der Waals surface area contributed by atoms with E-state index in [1.165, 1.54) is 11.1 Å². The van der Waals surface area contributed by atoms with Crippen molar-refractivity contribution in [2.24, 2.45) is 0 Å². The predicted molar refractivity (Wildman–Crippen MR) is 83.2 cm³/mol. The van der Waals surface area contributed by atoms with Gasteiger partial charge in [0.15, 0.2) is 0 Å². The molecule has 0 aliphatic heterocycles. The number of aliphatic hydroxyl groups excluding tert-OH is 1. The minimum Gasteiger partial charge on any atom is -0.388 e. The van der Waals surface area contributed by atoms with Crippen LogP contribution in [0.15, 0.2) is 53.0 Å². The second-order valence-electron chi connectivity index (χ2n) is 4.90. The van der Waals surface area contributed by atoms with Crippen LogP contribution < -0.4 is 0 Å². The van der Waals surface area contributed by atoms with Crippen molar-refractivity contribution in [3.05, 3.63) is 69.7 Å². The van der Waals surface area contributed by atoms with Crippen LogP contribution in [0.1, 0.15) is 35.6 Å². The standard InChI is InChI=1S/C17H19BrO/c1-13-10-11-15(12-16(13)18)17(19)9-5-8-14-6-3-2-4-7-14/h2-4,6-7,10-12,17,19H,5,8-9H2,1H3. The zero-order chi connectivity index (χ0) is 13.7. The van der Waals surface area contributed by atoms with Gasteiger partial charge in [-0.2, -0.15) is 0 Å². The molecule has 19 heavy (non-hydrogen) atoms. The summed E-state index contributed by atoms with van der Waals surface area (Å²) in [5, 5.41) is 10.2. The van der Waals surface area contributed by atoms with Gasteiger partial charge >= 0.3 is 0 Å². The Balaban J connectivity index is 1.87. The fraction of sp³-hybridized carbons (Fsp3) is 0.294. The second-order valence-corrected chi connectivity index (χ2v) is 5.76. The summed E-state index contributed by atoms with van der Waals surface area (Å²) in [5.74, 6) is 0. The Kier molecular flexibility index (Phi) is 5.17. The highest BCUT2D eigenvalue weighted by atomic mass is 79.9. The summed E-state index contributed by atoms with van der Waals surface area (Å²) < 4.78 is 1.06. The Morgan fingerprint density at radius 3 is 2.53 bits per heavy atom. The van der Waals surface area contributed by atoms with Gasteiger partial charge in [-0.3, -0.25) is 0 Å². The lowest BCUT2D eigenvalue weighted by molar-refractivity contribution is 0.164. The molecule has 100 valence electrons. The molecule has 0 fully saturated rings. The zero-order valence-electron chi connectivity index (χ0n) is 11.1. The van der Waals surface area contributed by atoms with Gasteiger partial charge in [0, 0.05) is 4.47 Å². The minimum absolute atomic E-state index is 0.374. The first kappa shape index (κ1) is 14.3. The van der Waals surface area contributed by atoms with Crippen molar-refractivity contribution >= 4 is 15.9 Å². The average Bonchev–Trinajstić information content (AvgIpc) is 2.43. The number of aryl methyl sites for hydroxylation is 2. The summed E-state index contributed by atoms with van der Waals surface area (Å²) in [4.78, 5) is 0. The van der Waals surface area contributed by atoms with Gasteiger partial charge in [0.1, 0.15) is 0 Å². The molecule has 2 aromatic carbocycles. The Hall–Kier alpha value is -1.12. The molecule has 0 saturated heterocycles. The van der Waals surface area contributed by atoms with Gasteiger partial charge in [-0.15, -0.1) is 0 Å². The lowest BCUT2D eigenvalue weighted by Crippen LogP contribution is -1.99. The molecule has 1 unspecified atom stereocenters. The van der Waals surface area contributed by atoms with Gasteiger partial charge in [-0.1, -0.05) is 58.4 Å². The first-order valence-corrected chi connectivity index (χ1v) is 7.44. The summed E-state index contributed by atoms with van der Waals surface area (Å²) in [6.07, 6.45) is 2.44. The second kappa shape index (κ2) is 6.88. The van der Waals surface area contributed by atoms with Crippen LogP contribution in [0.2, 0.25) is 0 Å². The molecule has 0 bridgehead atoms. The van der Waals surface area contributed by atoms with E-state index in [2.05, 4.69) is 47.1 Å². The van der Waals surface area contributed by atoms with Crippen molar-refractivity contribution in [3.63, 3.8) is 0 Å². The van der Waals surface area contributed by atoms with E-state index < -0.39 is 0 Å². The molecule has 1 atom stereocenters. The van der Waals surface area contributed by atoms with Crippen LogP contribution in [0.3, 0.4) is 0 Å². The van der Waals surface area contributed by atoms with Gasteiger partial charge in [0.05, 0.1) is 6.10 Å². The normalized spacial score (nSPS) is 12.4. The summed E-state index contributed by atoms with van der Waals surface area (Å²) in [6.45, 7) is 2.05. The summed E-state index contributed by atoms with van der Waals surface area (Å²) >= 11 is 3.51. The van der Waals surface area contributed by atoms with Crippen LogP contribution in [0.25, 0.3) is 0 Å². The van der Waals surface area contributed by atoms with Crippen LogP contribution >= 0.6 is 15.9 Å². The maximum absolute atomic E-state index is 10.2. The molecule has 0 radical (unpaired) electrons. The molecule has 2 rings (SSSR count). The van der Waals surface area contributed by atoms with E-state index in [1.807, 2.05) is 24.3 Å². The lowest BCUT2D eigenvalue weighted by atomic mass is 10.0. The van der Waals surface area contributed by atoms with Gasteiger partial charge in [-0.25, -0.2) is 0 Å². The summed E-state index contributed by atoms with van der Waals surface area (Å²) in [6, 6.07) is 16.5. The third-order valence-electron chi connectivity index (χ3n) is 3.37. The van der Waals surface area contributed by atoms with E-state index in [4.69, 9.17) is 0 Å². The zero-order valence-corrected chi connectivity index (χ0v) is 12.7. The summed E-state index contributed by atoms with van der Waals surface area (Å²) in [5.41, 5.74) is 3.52. The highest BCUT2D eigenvalue weighted by Gasteiger charge is 2.08. The maximum Gasteiger partial charge on any atom is 0.0790 e. The largest absolute Gasteiger partial charge is 0.388 e. The highest BCUT2D eigenvalue weighted by Crippen LogP contribution is 2.24. The number of rotatable bonds is 5. The van der Waals surface area contributed by atoms with E-state index in [0.717, 1.165) is 29.3 Å². The maximum atomic E-state index is 10.2. The fourth-order valence-corrected chi connectivity index (χ4v) is 2.52. The third-order valence-corrected chi connectivity index (χ3v) is 4.22. The Morgan fingerprint density at radius 2 is 1.84 bits per heavy atom. The molecule has 1 nitrogen and oxygen atoms in total. The first-order valence-electron chi connectivity index (χ1n) is 6.65. The molecule has 0 spiro atoms. The molecule has 0 saturated carbocycles. The van der Waals surface area contributed by atoms with Gasteiger partial charge < -0.3 is 5.11 Å². The highest BCUT2D eigenvalue weighted by molar-refractivity contribution is 9.10. The molecular weight excluding hydrogens is 300 g/mol. The van der Waals surface area contributed by atoms with Crippen LogP contribution in [0.5, 0.6) is 0 Å². The van der Waals surface area contributed by atoms with Crippen LogP contribution in [-0.2, 0) is 6.42 Å². The van der Waals surface area contributed by atoms with Crippen molar-refractivity contribution in [2.75, 3.05) is 0 Å². The Morgan fingerprint density at radius 1 is 1.11 bits per heavy atom. The Labute approximate surface area is 123 Å². The fourth-order valence-electron chi connectivity index (χ4n) is 2.13. The SMILES string of the molecule is Cc1ccc(C(O)CCCc2ccccc2)cc1Br. The number of halogens is 1. The van der Waals surface area contributed by atoms with Crippen molar-refractivity contribution in [1.82, 2.24) is 0 Å². The van der Waals surface area contributed by atoms with E-state index in [0.29, 0.717) is 0 Å². The predicted octanol–water partition coefficient (Wildman–Crippen LogP) is 4.81. The smallest absolute Gasteiger partial charge is 0.0790 e. The van der Waals surface area contributed by atoms with Crippen LogP contribution in [0.4, 0.5) is 0 Å². The number of hydrogen-bond acceptors (Lipinski definition) is 1. The minimum atomic E-state index is -0.374. The molecular formula is C17H19BrO. The number of hydrogen-bond donors (Lipinski definition) is 1. The Bertz CT molecular complexity index is 522. The van der Waals surface area contributed by atoms with Crippen molar-refractivity contribution in [2.45, 2.75) is 32.3 Å². The van der Waals surface area contributed by atoms with Crippen LogP contribution in [0, 0.1) is 6.92 Å². The molecule has 2 aromatic rings. The molecule has 0 aromatic heterocycles. The van der Waals surface area contributed by atoms with Crippen LogP contribution in [-0.4, -0.2) is 5.11 Å². The molecule has 2 heteroatoms. The molecule has 0 aliphatic carbocycles. The van der Waals surface area contributed by atoms with E-state index in [-0.39, 0.29) is 6.10 Å². The monoisotopic (exact) mass is 318 g/mol. The lowest BCUT2D eigenvalue weighted by Gasteiger charge is -2.12. The van der Waals surface area contributed by atoms with E-state index in [9.17, 15) is 5.11 Å². The van der Waals surface area contributed by atoms with Gasteiger partial charge in [0.25, 0.3) is 0 Å². The summed E-state index contributed by atoms with van der Waals surface area (Å²) in [7, 11) is 0. The molecule has 0 aliphatic rings. The quantitative estimate of drug-likeness (QED) is 0.838. The van der Waals surface area contributed by atoms with Gasteiger partial charge in [0.2, 0.25) is 0 Å². The molecule has 1 N–H and O–H groups in total. The first-order chi connectivity index (χ1) is 9.16. The number of benzene rings is 2. The van der Waals surface area contributed by atoms with Gasteiger partial charge in [-0.05, 0) is 48.9 Å².